The lowest BCUT2D eigenvalue weighted by Crippen LogP contribution is -2.29. The van der Waals surface area contributed by atoms with Gasteiger partial charge in [0.1, 0.15) is 0 Å². The molecule has 1 aliphatic heterocycles. The molecule has 0 radical (unpaired) electrons. The predicted octanol–water partition coefficient (Wildman–Crippen LogP) is 2.88. The van der Waals surface area contributed by atoms with Crippen molar-refractivity contribution >= 4 is 28.9 Å². The molecule has 4 nitrogen and oxygen atoms in total. The van der Waals surface area contributed by atoms with E-state index in [-0.39, 0.29) is 5.91 Å². The number of benzene rings is 2. The standard InChI is InChI=1S/C16H16ClN3O/c17-13-2-1-3-15(7-13)19-16(21)10-20-8-11-4-5-14(18)6-12(11)9-20/h1-7H,8-10,18H2,(H,19,21). The molecule has 0 bridgehead atoms. The van der Waals surface area contributed by atoms with E-state index < -0.39 is 0 Å². The molecule has 0 aromatic heterocycles. The fourth-order valence-electron chi connectivity index (χ4n) is 2.57. The summed E-state index contributed by atoms with van der Waals surface area (Å²) in [4.78, 5) is 14.2. The number of rotatable bonds is 3. The van der Waals surface area contributed by atoms with Crippen molar-refractivity contribution < 1.29 is 4.79 Å². The highest BCUT2D eigenvalue weighted by Gasteiger charge is 2.20. The number of carbonyl (C=O) groups excluding carboxylic acids is 1. The lowest BCUT2D eigenvalue weighted by molar-refractivity contribution is -0.117. The van der Waals surface area contributed by atoms with Gasteiger partial charge >= 0.3 is 0 Å². The van der Waals surface area contributed by atoms with E-state index in [9.17, 15) is 4.79 Å². The van der Waals surface area contributed by atoms with Crippen molar-refractivity contribution in [1.29, 1.82) is 0 Å². The Morgan fingerprint density at radius 2 is 2.00 bits per heavy atom. The summed E-state index contributed by atoms with van der Waals surface area (Å²) in [6, 6.07) is 13.0. The molecule has 2 aromatic carbocycles. The van der Waals surface area contributed by atoms with E-state index in [2.05, 4.69) is 10.2 Å². The van der Waals surface area contributed by atoms with Gasteiger partial charge in [-0.15, -0.1) is 0 Å². The topological polar surface area (TPSA) is 58.4 Å². The molecule has 2 aromatic rings. The maximum absolute atomic E-state index is 12.1. The minimum atomic E-state index is -0.0435. The highest BCUT2D eigenvalue weighted by atomic mass is 35.5. The van der Waals surface area contributed by atoms with Crippen molar-refractivity contribution in [3.8, 4) is 0 Å². The van der Waals surface area contributed by atoms with E-state index in [0.29, 0.717) is 17.3 Å². The van der Waals surface area contributed by atoms with Crippen LogP contribution in [-0.4, -0.2) is 17.4 Å². The molecule has 1 heterocycles. The maximum atomic E-state index is 12.1. The van der Waals surface area contributed by atoms with Gasteiger partial charge in [-0.2, -0.15) is 0 Å². The molecule has 0 spiro atoms. The number of nitrogens with two attached hydrogens (primary N) is 1. The second-order valence-electron chi connectivity index (χ2n) is 5.23. The SMILES string of the molecule is Nc1ccc2c(c1)CN(CC(=O)Nc1cccc(Cl)c1)C2. The summed E-state index contributed by atoms with van der Waals surface area (Å²) in [6.45, 7) is 1.88. The zero-order valence-electron chi connectivity index (χ0n) is 11.5. The maximum Gasteiger partial charge on any atom is 0.238 e. The number of anilines is 2. The summed E-state index contributed by atoms with van der Waals surface area (Å²) in [6.07, 6.45) is 0. The molecule has 0 atom stereocenters. The molecular weight excluding hydrogens is 286 g/mol. The van der Waals surface area contributed by atoms with E-state index >= 15 is 0 Å². The first-order valence-corrected chi connectivity index (χ1v) is 7.13. The molecular formula is C16H16ClN3O. The molecule has 5 heteroatoms. The first-order chi connectivity index (χ1) is 10.1. The van der Waals surface area contributed by atoms with Crippen molar-refractivity contribution in [2.45, 2.75) is 13.1 Å². The summed E-state index contributed by atoms with van der Waals surface area (Å²) in [5.74, 6) is -0.0435. The highest BCUT2D eigenvalue weighted by molar-refractivity contribution is 6.30. The second-order valence-corrected chi connectivity index (χ2v) is 5.67. The third kappa shape index (κ3) is 3.35. The minimum absolute atomic E-state index is 0.0435. The number of halogens is 1. The smallest absolute Gasteiger partial charge is 0.238 e. The number of hydrogen-bond acceptors (Lipinski definition) is 3. The summed E-state index contributed by atoms with van der Waals surface area (Å²) >= 11 is 5.90. The number of nitrogens with zero attached hydrogens (tertiary/aromatic N) is 1. The Balaban J connectivity index is 1.60. The molecule has 0 saturated carbocycles. The number of nitrogens with one attached hydrogen (secondary N) is 1. The van der Waals surface area contributed by atoms with Crippen LogP contribution in [-0.2, 0) is 17.9 Å². The van der Waals surface area contributed by atoms with Gasteiger partial charge in [-0.05, 0) is 41.5 Å². The van der Waals surface area contributed by atoms with Gasteiger partial charge in [-0.25, -0.2) is 0 Å². The molecule has 0 fully saturated rings. The number of hydrogen-bond donors (Lipinski definition) is 2. The Bertz CT molecular complexity index is 687. The van der Waals surface area contributed by atoms with Gasteiger partial charge in [-0.3, -0.25) is 9.69 Å². The lowest BCUT2D eigenvalue weighted by atomic mass is 10.1. The number of carbonyl (C=O) groups is 1. The van der Waals surface area contributed by atoms with E-state index in [1.165, 1.54) is 11.1 Å². The van der Waals surface area contributed by atoms with Crippen LogP contribution in [0.15, 0.2) is 42.5 Å². The van der Waals surface area contributed by atoms with E-state index in [4.69, 9.17) is 17.3 Å². The average molecular weight is 302 g/mol. The van der Waals surface area contributed by atoms with Crippen LogP contribution in [0, 0.1) is 0 Å². The second kappa shape index (κ2) is 5.76. The van der Waals surface area contributed by atoms with Gasteiger partial charge in [0.15, 0.2) is 0 Å². The third-order valence-electron chi connectivity index (χ3n) is 3.49. The van der Waals surface area contributed by atoms with E-state index in [1.807, 2.05) is 30.3 Å². The third-order valence-corrected chi connectivity index (χ3v) is 3.73. The minimum Gasteiger partial charge on any atom is -0.399 e. The Morgan fingerprint density at radius 3 is 2.81 bits per heavy atom. The molecule has 3 rings (SSSR count). The van der Waals surface area contributed by atoms with Crippen molar-refractivity contribution in [2.75, 3.05) is 17.6 Å². The number of amides is 1. The van der Waals surface area contributed by atoms with E-state index in [0.717, 1.165) is 18.8 Å². The molecule has 0 saturated heterocycles. The normalized spacial score (nSPS) is 14.0. The van der Waals surface area contributed by atoms with Gasteiger partial charge in [-0.1, -0.05) is 23.7 Å². The summed E-state index contributed by atoms with van der Waals surface area (Å²) < 4.78 is 0. The van der Waals surface area contributed by atoms with E-state index in [1.54, 1.807) is 12.1 Å². The zero-order valence-corrected chi connectivity index (χ0v) is 12.2. The molecule has 21 heavy (non-hydrogen) atoms. The Morgan fingerprint density at radius 1 is 1.19 bits per heavy atom. The summed E-state index contributed by atoms with van der Waals surface area (Å²) in [5, 5.41) is 3.47. The monoisotopic (exact) mass is 301 g/mol. The first-order valence-electron chi connectivity index (χ1n) is 6.75. The number of fused-ring (bicyclic) bond motifs is 1. The number of nitrogen functional groups attached to an aromatic ring is 1. The van der Waals surface area contributed by atoms with Crippen molar-refractivity contribution in [3.63, 3.8) is 0 Å². The van der Waals surface area contributed by atoms with Gasteiger partial charge in [0, 0.05) is 29.5 Å². The van der Waals surface area contributed by atoms with Gasteiger partial charge in [0.05, 0.1) is 6.54 Å². The van der Waals surface area contributed by atoms with Crippen LogP contribution >= 0.6 is 11.6 Å². The molecule has 1 amide bonds. The quantitative estimate of drug-likeness (QED) is 0.857. The van der Waals surface area contributed by atoms with Crippen molar-refractivity contribution in [3.05, 3.63) is 58.6 Å². The largest absolute Gasteiger partial charge is 0.399 e. The first kappa shape index (κ1) is 13.9. The van der Waals surface area contributed by atoms with Crippen LogP contribution in [0.1, 0.15) is 11.1 Å². The fraction of sp³-hybridized carbons (Fsp3) is 0.188. The summed E-state index contributed by atoms with van der Waals surface area (Å²) in [5.41, 5.74) is 9.70. The molecule has 0 aliphatic carbocycles. The van der Waals surface area contributed by atoms with Crippen LogP contribution in [0.3, 0.4) is 0 Å². The zero-order chi connectivity index (χ0) is 14.8. The molecule has 0 unspecified atom stereocenters. The summed E-state index contributed by atoms with van der Waals surface area (Å²) in [7, 11) is 0. The average Bonchev–Trinajstić information content (AvgIpc) is 2.79. The lowest BCUT2D eigenvalue weighted by Gasteiger charge is -2.14. The highest BCUT2D eigenvalue weighted by Crippen LogP contribution is 2.24. The van der Waals surface area contributed by atoms with Crippen molar-refractivity contribution in [1.82, 2.24) is 4.90 Å². The van der Waals surface area contributed by atoms with Gasteiger partial charge < -0.3 is 11.1 Å². The molecule has 1 aliphatic rings. The van der Waals surface area contributed by atoms with Crippen LogP contribution < -0.4 is 11.1 Å². The Hall–Kier alpha value is -2.04. The molecule has 108 valence electrons. The van der Waals surface area contributed by atoms with Crippen LogP contribution in [0.5, 0.6) is 0 Å². The van der Waals surface area contributed by atoms with Gasteiger partial charge in [0.2, 0.25) is 5.91 Å². The van der Waals surface area contributed by atoms with Crippen LogP contribution in [0.2, 0.25) is 5.02 Å². The van der Waals surface area contributed by atoms with Gasteiger partial charge in [0.25, 0.3) is 0 Å². The Labute approximate surface area is 128 Å². The predicted molar refractivity (Wildman–Crippen MR) is 85.1 cm³/mol. The van der Waals surface area contributed by atoms with Crippen molar-refractivity contribution in [2.24, 2.45) is 0 Å². The fourth-order valence-corrected chi connectivity index (χ4v) is 2.76. The van der Waals surface area contributed by atoms with Crippen LogP contribution in [0.4, 0.5) is 11.4 Å². The Kier molecular flexibility index (Phi) is 3.82. The van der Waals surface area contributed by atoms with Crippen LogP contribution in [0.25, 0.3) is 0 Å². The molecule has 3 N–H and O–H groups in total.